The number of methoxy groups -OCH3 is 1. The summed E-state index contributed by atoms with van der Waals surface area (Å²) in [5, 5.41) is 6.93. The van der Waals surface area contributed by atoms with Crippen molar-refractivity contribution in [2.45, 2.75) is 19.1 Å². The average Bonchev–Trinajstić information content (AvgIpc) is 3.14. The molecule has 1 atom stereocenters. The van der Waals surface area contributed by atoms with E-state index in [1.54, 1.807) is 11.8 Å². The average molecular weight is 350 g/mol. The Labute approximate surface area is 150 Å². The third-order valence-corrected chi connectivity index (χ3v) is 4.31. The maximum Gasteiger partial charge on any atom is 0.229 e. The van der Waals surface area contributed by atoms with Gasteiger partial charge >= 0.3 is 0 Å². The van der Waals surface area contributed by atoms with Crippen LogP contribution in [-0.2, 0) is 11.4 Å². The number of carbonyl (C=O) groups excluding carboxylic acids is 1. The van der Waals surface area contributed by atoms with E-state index in [1.165, 1.54) is 6.33 Å². The number of aromatic nitrogens is 3. The van der Waals surface area contributed by atoms with Crippen LogP contribution in [-0.4, -0.2) is 27.8 Å². The van der Waals surface area contributed by atoms with E-state index in [9.17, 15) is 4.79 Å². The van der Waals surface area contributed by atoms with E-state index in [0.717, 1.165) is 11.1 Å². The second-order valence-corrected chi connectivity index (χ2v) is 5.98. The Morgan fingerprint density at radius 1 is 1.19 bits per heavy atom. The van der Waals surface area contributed by atoms with Crippen LogP contribution >= 0.6 is 0 Å². The summed E-state index contributed by atoms with van der Waals surface area (Å²) in [7, 11) is 1.60. The fourth-order valence-corrected chi connectivity index (χ4v) is 3.01. The predicted molar refractivity (Wildman–Crippen MR) is 95.2 cm³/mol. The molecule has 2 heterocycles. The first-order valence-electron chi connectivity index (χ1n) is 8.28. The highest BCUT2D eigenvalue weighted by Gasteiger charge is 2.28. The molecule has 0 saturated heterocycles. The molecule has 0 radical (unpaired) electrons. The number of amides is 1. The lowest BCUT2D eigenvalue weighted by molar-refractivity contribution is -0.117. The number of ether oxygens (including phenoxy) is 2. The molecule has 0 fully saturated rings. The zero-order valence-corrected chi connectivity index (χ0v) is 14.3. The predicted octanol–water partition coefficient (Wildman–Crippen LogP) is 2.80. The number of nitrogens with one attached hydrogen (secondary N) is 1. The fraction of sp³-hybridized carbons (Fsp3) is 0.211. The summed E-state index contributed by atoms with van der Waals surface area (Å²) in [6.45, 7) is 0.454. The molecular formula is C19H18N4O3. The number of hydrogen-bond acceptors (Lipinski definition) is 5. The Hall–Kier alpha value is -3.35. The Bertz CT molecular complexity index is 924. The van der Waals surface area contributed by atoms with Gasteiger partial charge < -0.3 is 9.47 Å². The maximum absolute atomic E-state index is 11.9. The summed E-state index contributed by atoms with van der Waals surface area (Å²) in [6, 6.07) is 15.4. The van der Waals surface area contributed by atoms with Crippen LogP contribution in [0.25, 0.3) is 0 Å². The molecule has 1 aromatic heterocycles. The van der Waals surface area contributed by atoms with Gasteiger partial charge in [0.1, 0.15) is 12.9 Å². The zero-order chi connectivity index (χ0) is 17.9. The molecule has 132 valence electrons. The highest BCUT2D eigenvalue weighted by molar-refractivity contribution is 5.91. The highest BCUT2D eigenvalue weighted by atomic mass is 16.5. The van der Waals surface area contributed by atoms with E-state index in [0.29, 0.717) is 30.5 Å². The zero-order valence-electron chi connectivity index (χ0n) is 14.3. The standard InChI is InChI=1S/C19H18N4O3/c1-25-17-9-14(15-10-18(24)22-19-20-12-21-23(15)19)7-8-16(17)26-11-13-5-3-2-4-6-13/h2-9,12,15H,10-11H2,1H3,(H,20,21,22,24). The Balaban J connectivity index is 1.59. The van der Waals surface area contributed by atoms with Crippen LogP contribution < -0.4 is 14.8 Å². The Kier molecular flexibility index (Phi) is 4.27. The number of hydrogen-bond donors (Lipinski definition) is 1. The topological polar surface area (TPSA) is 78.3 Å². The van der Waals surface area contributed by atoms with E-state index in [1.807, 2.05) is 48.5 Å². The minimum absolute atomic E-state index is 0.0844. The minimum Gasteiger partial charge on any atom is -0.493 e. The normalized spacial score (nSPS) is 15.9. The molecule has 3 aromatic rings. The van der Waals surface area contributed by atoms with Crippen molar-refractivity contribution >= 4 is 11.9 Å². The van der Waals surface area contributed by atoms with E-state index >= 15 is 0 Å². The highest BCUT2D eigenvalue weighted by Crippen LogP contribution is 2.35. The quantitative estimate of drug-likeness (QED) is 0.765. The van der Waals surface area contributed by atoms with Crippen molar-refractivity contribution in [3.05, 3.63) is 66.0 Å². The SMILES string of the molecule is COc1cc(C2CC(=O)Nc3ncnn32)ccc1OCc1ccccc1. The molecule has 7 heteroatoms. The van der Waals surface area contributed by atoms with Crippen molar-refractivity contribution in [3.8, 4) is 11.5 Å². The van der Waals surface area contributed by atoms with Gasteiger partial charge in [-0.1, -0.05) is 36.4 Å². The van der Waals surface area contributed by atoms with Gasteiger partial charge in [0.2, 0.25) is 11.9 Å². The second-order valence-electron chi connectivity index (χ2n) is 5.98. The summed E-state index contributed by atoms with van der Waals surface area (Å²) in [5.41, 5.74) is 1.99. The van der Waals surface area contributed by atoms with Gasteiger partial charge in [0.25, 0.3) is 0 Å². The van der Waals surface area contributed by atoms with Gasteiger partial charge in [0.05, 0.1) is 19.6 Å². The molecule has 0 aliphatic carbocycles. The molecular weight excluding hydrogens is 332 g/mol. The lowest BCUT2D eigenvalue weighted by atomic mass is 10.0. The largest absolute Gasteiger partial charge is 0.493 e. The summed E-state index contributed by atoms with van der Waals surface area (Å²) >= 11 is 0. The molecule has 7 nitrogen and oxygen atoms in total. The summed E-state index contributed by atoms with van der Waals surface area (Å²) in [6.07, 6.45) is 1.73. The molecule has 1 aliphatic rings. The van der Waals surface area contributed by atoms with Crippen LogP contribution in [0.4, 0.5) is 5.95 Å². The maximum atomic E-state index is 11.9. The monoisotopic (exact) mass is 350 g/mol. The summed E-state index contributed by atoms with van der Waals surface area (Å²) in [4.78, 5) is 16.0. The fourth-order valence-electron chi connectivity index (χ4n) is 3.01. The van der Waals surface area contributed by atoms with E-state index in [4.69, 9.17) is 9.47 Å². The molecule has 1 N–H and O–H groups in total. The number of anilines is 1. The van der Waals surface area contributed by atoms with Crippen LogP contribution in [0.1, 0.15) is 23.6 Å². The molecule has 1 amide bonds. The van der Waals surface area contributed by atoms with E-state index in [2.05, 4.69) is 15.4 Å². The van der Waals surface area contributed by atoms with Gasteiger partial charge in [-0.25, -0.2) is 4.68 Å². The molecule has 0 bridgehead atoms. The van der Waals surface area contributed by atoms with Crippen molar-refractivity contribution in [2.24, 2.45) is 0 Å². The van der Waals surface area contributed by atoms with Gasteiger partial charge in [-0.15, -0.1) is 0 Å². The van der Waals surface area contributed by atoms with Gasteiger partial charge in [0.15, 0.2) is 11.5 Å². The third kappa shape index (κ3) is 3.11. The van der Waals surface area contributed by atoms with Crippen LogP contribution in [0.3, 0.4) is 0 Å². The first-order valence-corrected chi connectivity index (χ1v) is 8.28. The smallest absolute Gasteiger partial charge is 0.229 e. The van der Waals surface area contributed by atoms with Crippen LogP contribution in [0.2, 0.25) is 0 Å². The number of fused-ring (bicyclic) bond motifs is 1. The van der Waals surface area contributed by atoms with Gasteiger partial charge in [-0.05, 0) is 23.3 Å². The molecule has 2 aromatic carbocycles. The molecule has 4 rings (SSSR count). The van der Waals surface area contributed by atoms with Crippen molar-refractivity contribution in [1.29, 1.82) is 0 Å². The third-order valence-electron chi connectivity index (χ3n) is 4.31. The van der Waals surface area contributed by atoms with Crippen LogP contribution in [0.5, 0.6) is 11.5 Å². The van der Waals surface area contributed by atoms with Gasteiger partial charge in [-0.2, -0.15) is 10.1 Å². The van der Waals surface area contributed by atoms with E-state index < -0.39 is 0 Å². The first-order chi connectivity index (χ1) is 12.7. The summed E-state index contributed by atoms with van der Waals surface area (Å²) in [5.74, 6) is 1.64. The Morgan fingerprint density at radius 3 is 2.85 bits per heavy atom. The van der Waals surface area contributed by atoms with Crippen molar-refractivity contribution in [3.63, 3.8) is 0 Å². The number of benzene rings is 2. The molecule has 1 aliphatic heterocycles. The molecule has 26 heavy (non-hydrogen) atoms. The van der Waals surface area contributed by atoms with Crippen molar-refractivity contribution in [1.82, 2.24) is 14.8 Å². The molecule has 1 unspecified atom stereocenters. The molecule has 0 spiro atoms. The number of rotatable bonds is 5. The van der Waals surface area contributed by atoms with Crippen molar-refractivity contribution in [2.75, 3.05) is 12.4 Å². The lowest BCUT2D eigenvalue weighted by Crippen LogP contribution is -2.29. The van der Waals surface area contributed by atoms with Gasteiger partial charge in [-0.3, -0.25) is 10.1 Å². The lowest BCUT2D eigenvalue weighted by Gasteiger charge is -2.24. The minimum atomic E-state index is -0.224. The van der Waals surface area contributed by atoms with Gasteiger partial charge in [0, 0.05) is 0 Å². The number of carbonyl (C=O) groups is 1. The van der Waals surface area contributed by atoms with Crippen molar-refractivity contribution < 1.29 is 14.3 Å². The van der Waals surface area contributed by atoms with E-state index in [-0.39, 0.29) is 11.9 Å². The molecule has 0 saturated carbocycles. The second kappa shape index (κ2) is 6.87. The first kappa shape index (κ1) is 16.1. The van der Waals surface area contributed by atoms with Crippen LogP contribution in [0.15, 0.2) is 54.9 Å². The summed E-state index contributed by atoms with van der Waals surface area (Å²) < 4.78 is 13.1. The number of nitrogens with zero attached hydrogens (tertiary/aromatic N) is 3. The van der Waals surface area contributed by atoms with Crippen LogP contribution in [0, 0.1) is 0 Å². The Morgan fingerprint density at radius 2 is 2.04 bits per heavy atom.